The molecule has 0 radical (unpaired) electrons. The first kappa shape index (κ1) is 10.9. The van der Waals surface area contributed by atoms with E-state index in [4.69, 9.17) is 11.6 Å². The molecule has 0 unspecified atom stereocenters. The molecule has 2 aromatic rings. The van der Waals surface area contributed by atoms with Crippen molar-refractivity contribution in [1.82, 2.24) is 9.78 Å². The van der Waals surface area contributed by atoms with Crippen molar-refractivity contribution in [3.63, 3.8) is 0 Å². The van der Waals surface area contributed by atoms with Crippen molar-refractivity contribution in [1.29, 1.82) is 0 Å². The molecule has 78 valence electrons. The summed E-state index contributed by atoms with van der Waals surface area (Å²) in [5, 5.41) is 4.04. The summed E-state index contributed by atoms with van der Waals surface area (Å²) in [4.78, 5) is 0. The number of halogens is 3. The molecule has 0 saturated carbocycles. The van der Waals surface area contributed by atoms with E-state index >= 15 is 0 Å². The van der Waals surface area contributed by atoms with Gasteiger partial charge in [0.1, 0.15) is 11.5 Å². The molecule has 1 aromatic carbocycles. The van der Waals surface area contributed by atoms with E-state index in [0.29, 0.717) is 11.6 Å². The molecule has 0 amide bonds. The summed E-state index contributed by atoms with van der Waals surface area (Å²) < 4.78 is 16.1. The predicted octanol–water partition coefficient (Wildman–Crippen LogP) is 3.35. The van der Waals surface area contributed by atoms with Crippen LogP contribution in [0.5, 0.6) is 0 Å². The third-order valence-corrected chi connectivity index (χ3v) is 2.83. The van der Waals surface area contributed by atoms with Crippen molar-refractivity contribution in [2.45, 2.75) is 5.88 Å². The number of rotatable bonds is 2. The zero-order chi connectivity index (χ0) is 10.8. The first-order chi connectivity index (χ1) is 7.20. The standard InChI is InChI=1S/C10H7ClFIN2/c11-4-7-1-2-10(9(12)3-7)15-6-8(13)5-14-15/h1-3,5-6H,4H2. The van der Waals surface area contributed by atoms with Crippen LogP contribution < -0.4 is 0 Å². The van der Waals surface area contributed by atoms with E-state index in [1.807, 2.05) is 0 Å². The van der Waals surface area contributed by atoms with Crippen molar-refractivity contribution >= 4 is 34.2 Å². The van der Waals surface area contributed by atoms with Gasteiger partial charge in [-0.2, -0.15) is 5.10 Å². The lowest BCUT2D eigenvalue weighted by Crippen LogP contribution is -1.98. The molecule has 2 rings (SSSR count). The Kier molecular flexibility index (Phi) is 3.25. The minimum Gasteiger partial charge on any atom is -0.237 e. The molecule has 0 fully saturated rings. The maximum absolute atomic E-state index is 13.6. The fraction of sp³-hybridized carbons (Fsp3) is 0.100. The molecule has 1 heterocycles. The molecule has 0 saturated heterocycles. The Hall–Kier alpha value is -0.620. The van der Waals surface area contributed by atoms with Gasteiger partial charge in [0.15, 0.2) is 0 Å². The van der Waals surface area contributed by atoms with Crippen molar-refractivity contribution in [3.05, 3.63) is 45.5 Å². The molecule has 5 heteroatoms. The summed E-state index contributed by atoms with van der Waals surface area (Å²) in [7, 11) is 0. The van der Waals surface area contributed by atoms with Crippen LogP contribution in [0.2, 0.25) is 0 Å². The first-order valence-electron chi connectivity index (χ1n) is 4.25. The van der Waals surface area contributed by atoms with Gasteiger partial charge in [0.2, 0.25) is 0 Å². The Morgan fingerprint density at radius 3 is 2.80 bits per heavy atom. The molecule has 0 aliphatic rings. The molecule has 1 aromatic heterocycles. The van der Waals surface area contributed by atoms with E-state index in [2.05, 4.69) is 27.7 Å². The van der Waals surface area contributed by atoms with E-state index in [1.165, 1.54) is 10.7 Å². The zero-order valence-electron chi connectivity index (χ0n) is 7.62. The SMILES string of the molecule is Fc1cc(CCl)ccc1-n1cc(I)cn1. The lowest BCUT2D eigenvalue weighted by molar-refractivity contribution is 0.609. The van der Waals surface area contributed by atoms with E-state index in [-0.39, 0.29) is 5.82 Å². The minimum atomic E-state index is -0.312. The molecule has 2 nitrogen and oxygen atoms in total. The van der Waals surface area contributed by atoms with Crippen LogP contribution in [0.3, 0.4) is 0 Å². The van der Waals surface area contributed by atoms with Gasteiger partial charge in [-0.15, -0.1) is 11.6 Å². The Morgan fingerprint density at radius 2 is 2.27 bits per heavy atom. The lowest BCUT2D eigenvalue weighted by Gasteiger charge is -2.04. The highest BCUT2D eigenvalue weighted by atomic mass is 127. The highest BCUT2D eigenvalue weighted by molar-refractivity contribution is 14.1. The van der Waals surface area contributed by atoms with Crippen LogP contribution in [0.25, 0.3) is 5.69 Å². The number of hydrogen-bond donors (Lipinski definition) is 0. The van der Waals surface area contributed by atoms with Gasteiger partial charge >= 0.3 is 0 Å². The minimum absolute atomic E-state index is 0.312. The summed E-state index contributed by atoms with van der Waals surface area (Å²) >= 11 is 7.74. The average Bonchev–Trinajstić information content (AvgIpc) is 2.64. The molecular formula is C10H7ClFIN2. The van der Waals surface area contributed by atoms with E-state index in [1.54, 1.807) is 24.5 Å². The van der Waals surface area contributed by atoms with Crippen LogP contribution in [-0.2, 0) is 5.88 Å². The van der Waals surface area contributed by atoms with E-state index < -0.39 is 0 Å². The molecule has 0 aliphatic heterocycles. The normalized spacial score (nSPS) is 10.6. The highest BCUT2D eigenvalue weighted by Crippen LogP contribution is 2.16. The van der Waals surface area contributed by atoms with Crippen molar-refractivity contribution in [3.8, 4) is 5.69 Å². The highest BCUT2D eigenvalue weighted by Gasteiger charge is 2.06. The second-order valence-corrected chi connectivity index (χ2v) is 4.54. The number of nitrogens with zero attached hydrogens (tertiary/aromatic N) is 2. The van der Waals surface area contributed by atoms with Gasteiger partial charge < -0.3 is 0 Å². The topological polar surface area (TPSA) is 17.8 Å². The van der Waals surface area contributed by atoms with Gasteiger partial charge in [-0.05, 0) is 40.3 Å². The van der Waals surface area contributed by atoms with Gasteiger partial charge in [-0.1, -0.05) is 6.07 Å². The van der Waals surface area contributed by atoms with Crippen LogP contribution in [0, 0.1) is 9.39 Å². The fourth-order valence-electron chi connectivity index (χ4n) is 1.25. The van der Waals surface area contributed by atoms with E-state index in [9.17, 15) is 4.39 Å². The van der Waals surface area contributed by atoms with Gasteiger partial charge in [0.05, 0.1) is 9.77 Å². The molecular weight excluding hydrogens is 329 g/mol. The van der Waals surface area contributed by atoms with Gasteiger partial charge in [-0.3, -0.25) is 0 Å². The monoisotopic (exact) mass is 336 g/mol. The molecule has 0 spiro atoms. The van der Waals surface area contributed by atoms with E-state index in [0.717, 1.165) is 9.13 Å². The number of benzene rings is 1. The van der Waals surface area contributed by atoms with Crippen LogP contribution >= 0.6 is 34.2 Å². The average molecular weight is 337 g/mol. The Bertz CT molecular complexity index is 484. The van der Waals surface area contributed by atoms with Gasteiger partial charge in [-0.25, -0.2) is 9.07 Å². The predicted molar refractivity (Wildman–Crippen MR) is 65.8 cm³/mol. The molecule has 0 bridgehead atoms. The molecule has 15 heavy (non-hydrogen) atoms. The van der Waals surface area contributed by atoms with Crippen molar-refractivity contribution in [2.75, 3.05) is 0 Å². The third kappa shape index (κ3) is 2.31. The van der Waals surface area contributed by atoms with Crippen LogP contribution in [0.4, 0.5) is 4.39 Å². The lowest BCUT2D eigenvalue weighted by atomic mass is 10.2. The van der Waals surface area contributed by atoms with Crippen molar-refractivity contribution < 1.29 is 4.39 Å². The Labute approximate surface area is 105 Å². The Balaban J connectivity index is 2.45. The maximum Gasteiger partial charge on any atom is 0.149 e. The second-order valence-electron chi connectivity index (χ2n) is 3.02. The number of aromatic nitrogens is 2. The summed E-state index contributed by atoms with van der Waals surface area (Å²) in [5.41, 5.74) is 1.20. The third-order valence-electron chi connectivity index (χ3n) is 1.96. The van der Waals surface area contributed by atoms with Crippen LogP contribution in [0.15, 0.2) is 30.6 Å². The van der Waals surface area contributed by atoms with Crippen LogP contribution in [-0.4, -0.2) is 9.78 Å². The largest absolute Gasteiger partial charge is 0.237 e. The second kappa shape index (κ2) is 4.49. The summed E-state index contributed by atoms with van der Waals surface area (Å²) in [6.45, 7) is 0. The molecule has 0 N–H and O–H groups in total. The molecule has 0 aliphatic carbocycles. The number of alkyl halides is 1. The summed E-state index contributed by atoms with van der Waals surface area (Å²) in [6.07, 6.45) is 3.44. The number of hydrogen-bond acceptors (Lipinski definition) is 1. The smallest absolute Gasteiger partial charge is 0.149 e. The summed E-state index contributed by atoms with van der Waals surface area (Å²) in [5.74, 6) is 0.000974. The van der Waals surface area contributed by atoms with Gasteiger partial charge in [0, 0.05) is 12.1 Å². The first-order valence-corrected chi connectivity index (χ1v) is 5.87. The summed E-state index contributed by atoms with van der Waals surface area (Å²) in [6, 6.07) is 4.90. The molecule has 0 atom stereocenters. The maximum atomic E-state index is 13.6. The van der Waals surface area contributed by atoms with Crippen LogP contribution in [0.1, 0.15) is 5.56 Å². The zero-order valence-corrected chi connectivity index (χ0v) is 10.5. The quantitative estimate of drug-likeness (QED) is 0.607. The van der Waals surface area contributed by atoms with Crippen molar-refractivity contribution in [2.24, 2.45) is 0 Å². The Morgan fingerprint density at radius 1 is 1.47 bits per heavy atom. The van der Waals surface area contributed by atoms with Gasteiger partial charge in [0.25, 0.3) is 0 Å². The fourth-order valence-corrected chi connectivity index (χ4v) is 1.81.